The predicted molar refractivity (Wildman–Crippen MR) is 48.9 cm³/mol. The number of aromatic nitrogens is 4. The molecule has 2 aromatic rings. The van der Waals surface area contributed by atoms with E-state index in [1.54, 1.807) is 18.2 Å². The van der Waals surface area contributed by atoms with Gasteiger partial charge in [-0.3, -0.25) is 4.98 Å². The first-order chi connectivity index (χ1) is 7.18. The molecule has 76 valence electrons. The van der Waals surface area contributed by atoms with Crippen molar-refractivity contribution in [3.8, 4) is 5.82 Å². The molecule has 0 atom stereocenters. The van der Waals surface area contributed by atoms with Gasteiger partial charge in [-0.1, -0.05) is 6.07 Å². The number of hydrogen-bond donors (Lipinski definition) is 2. The maximum absolute atomic E-state index is 11.3. The lowest BCUT2D eigenvalue weighted by Crippen LogP contribution is -2.16. The molecule has 0 amide bonds. The van der Waals surface area contributed by atoms with Crippen molar-refractivity contribution in [2.24, 2.45) is 0 Å². The monoisotopic (exact) mass is 206 g/mol. The molecule has 0 aromatic carbocycles. The van der Waals surface area contributed by atoms with Crippen molar-refractivity contribution in [3.05, 3.63) is 40.7 Å². The number of rotatable bonds is 2. The van der Waals surface area contributed by atoms with Crippen LogP contribution < -0.4 is 5.69 Å². The lowest BCUT2D eigenvalue weighted by atomic mass is 10.5. The van der Waals surface area contributed by atoms with Crippen molar-refractivity contribution in [2.75, 3.05) is 0 Å². The van der Waals surface area contributed by atoms with E-state index in [1.807, 2.05) is 0 Å². The molecule has 0 spiro atoms. The summed E-state index contributed by atoms with van der Waals surface area (Å²) in [5.41, 5.74) is -0.633. The Labute approximate surface area is 83.0 Å². The number of carboxylic acid groups (broad SMARTS) is 1. The van der Waals surface area contributed by atoms with Crippen LogP contribution in [0.2, 0.25) is 0 Å². The third-order valence-corrected chi connectivity index (χ3v) is 1.69. The van der Waals surface area contributed by atoms with Crippen LogP contribution in [0, 0.1) is 0 Å². The average Bonchev–Trinajstić information content (AvgIpc) is 2.62. The van der Waals surface area contributed by atoms with Crippen molar-refractivity contribution in [1.82, 2.24) is 19.7 Å². The highest BCUT2D eigenvalue weighted by Crippen LogP contribution is 1.97. The van der Waals surface area contributed by atoms with E-state index >= 15 is 0 Å². The molecule has 0 aliphatic rings. The van der Waals surface area contributed by atoms with E-state index in [4.69, 9.17) is 5.11 Å². The van der Waals surface area contributed by atoms with E-state index in [1.165, 1.54) is 6.20 Å². The molecule has 0 saturated heterocycles. The van der Waals surface area contributed by atoms with Crippen LogP contribution in [0.15, 0.2) is 29.2 Å². The summed E-state index contributed by atoms with van der Waals surface area (Å²) in [6.45, 7) is 0. The fourth-order valence-electron chi connectivity index (χ4n) is 1.06. The summed E-state index contributed by atoms with van der Waals surface area (Å²) in [4.78, 5) is 27.8. The van der Waals surface area contributed by atoms with Crippen molar-refractivity contribution < 1.29 is 9.90 Å². The maximum Gasteiger partial charge on any atom is 0.373 e. The zero-order valence-electron chi connectivity index (χ0n) is 7.41. The van der Waals surface area contributed by atoms with Crippen molar-refractivity contribution in [1.29, 1.82) is 0 Å². The number of pyridine rings is 1. The van der Waals surface area contributed by atoms with E-state index in [0.29, 0.717) is 0 Å². The van der Waals surface area contributed by atoms with Gasteiger partial charge < -0.3 is 5.11 Å². The summed E-state index contributed by atoms with van der Waals surface area (Å²) in [6.07, 6.45) is 1.48. The molecular formula is C8H6N4O3. The van der Waals surface area contributed by atoms with Gasteiger partial charge in [-0.2, -0.15) is 4.68 Å². The Kier molecular flexibility index (Phi) is 2.05. The van der Waals surface area contributed by atoms with Crippen molar-refractivity contribution in [2.45, 2.75) is 0 Å². The molecule has 0 saturated carbocycles. The molecule has 0 unspecified atom stereocenters. The van der Waals surface area contributed by atoms with Gasteiger partial charge in [0, 0.05) is 6.20 Å². The first kappa shape index (κ1) is 9.13. The van der Waals surface area contributed by atoms with Gasteiger partial charge in [-0.15, -0.1) is 5.10 Å². The zero-order valence-corrected chi connectivity index (χ0v) is 7.41. The first-order valence-corrected chi connectivity index (χ1v) is 4.02. The maximum atomic E-state index is 11.3. The second kappa shape index (κ2) is 3.37. The minimum Gasteiger partial charge on any atom is -0.475 e. The fourth-order valence-corrected chi connectivity index (χ4v) is 1.06. The van der Waals surface area contributed by atoms with Gasteiger partial charge in [-0.25, -0.2) is 14.6 Å². The Morgan fingerprint density at radius 1 is 1.47 bits per heavy atom. The molecule has 0 aliphatic heterocycles. The Hall–Kier alpha value is -2.44. The summed E-state index contributed by atoms with van der Waals surface area (Å²) in [6, 6.07) is 4.90. The van der Waals surface area contributed by atoms with Crippen LogP contribution in [-0.4, -0.2) is 30.8 Å². The summed E-state index contributed by atoms with van der Waals surface area (Å²) >= 11 is 0. The molecule has 2 rings (SSSR count). The Morgan fingerprint density at radius 3 is 2.80 bits per heavy atom. The molecule has 2 heterocycles. The van der Waals surface area contributed by atoms with Crippen LogP contribution in [-0.2, 0) is 0 Å². The molecule has 7 nitrogen and oxygen atoms in total. The number of aromatic carboxylic acids is 1. The smallest absolute Gasteiger partial charge is 0.373 e. The van der Waals surface area contributed by atoms with E-state index in [2.05, 4.69) is 15.1 Å². The Morgan fingerprint density at radius 2 is 2.27 bits per heavy atom. The number of nitrogens with zero attached hydrogens (tertiary/aromatic N) is 3. The molecular weight excluding hydrogens is 200 g/mol. The van der Waals surface area contributed by atoms with E-state index in [0.717, 1.165) is 4.68 Å². The lowest BCUT2D eigenvalue weighted by molar-refractivity contribution is 0.0683. The lowest BCUT2D eigenvalue weighted by Gasteiger charge is -1.94. The molecule has 2 aromatic heterocycles. The minimum atomic E-state index is -1.29. The van der Waals surface area contributed by atoms with E-state index < -0.39 is 17.5 Å². The number of nitrogens with one attached hydrogen (secondary N) is 1. The van der Waals surface area contributed by atoms with Crippen LogP contribution in [0.1, 0.15) is 10.6 Å². The van der Waals surface area contributed by atoms with Gasteiger partial charge in [0.05, 0.1) is 0 Å². The van der Waals surface area contributed by atoms with E-state index in [-0.39, 0.29) is 5.82 Å². The van der Waals surface area contributed by atoms with Crippen molar-refractivity contribution in [3.63, 3.8) is 0 Å². The van der Waals surface area contributed by atoms with Crippen LogP contribution in [0.4, 0.5) is 0 Å². The first-order valence-electron chi connectivity index (χ1n) is 4.02. The highest BCUT2D eigenvalue weighted by molar-refractivity contribution is 5.82. The number of H-pyrrole nitrogens is 1. The second-order valence-corrected chi connectivity index (χ2v) is 2.68. The standard InChI is InChI=1S/C8H6N4O3/c13-7(14)6-10-8(15)12(11-6)5-3-1-2-4-9-5/h1-4H,(H,13,14)(H,10,11,15). The van der Waals surface area contributed by atoms with Gasteiger partial charge in [0.25, 0.3) is 0 Å². The zero-order chi connectivity index (χ0) is 10.8. The number of aromatic amines is 1. The summed E-state index contributed by atoms with van der Waals surface area (Å²) in [7, 11) is 0. The van der Waals surface area contributed by atoms with Crippen LogP contribution >= 0.6 is 0 Å². The normalized spacial score (nSPS) is 10.1. The third-order valence-electron chi connectivity index (χ3n) is 1.69. The average molecular weight is 206 g/mol. The molecule has 15 heavy (non-hydrogen) atoms. The van der Waals surface area contributed by atoms with Crippen LogP contribution in [0.3, 0.4) is 0 Å². The molecule has 2 N–H and O–H groups in total. The predicted octanol–water partition coefficient (Wildman–Crippen LogP) is -0.346. The van der Waals surface area contributed by atoms with Gasteiger partial charge in [0.15, 0.2) is 5.82 Å². The highest BCUT2D eigenvalue weighted by atomic mass is 16.4. The molecule has 0 bridgehead atoms. The van der Waals surface area contributed by atoms with Gasteiger partial charge in [0.1, 0.15) is 0 Å². The van der Waals surface area contributed by atoms with Crippen molar-refractivity contribution >= 4 is 5.97 Å². The number of hydrogen-bond acceptors (Lipinski definition) is 4. The SMILES string of the molecule is O=C(O)c1nn(-c2ccccn2)c(=O)[nH]1. The Balaban J connectivity index is 2.55. The molecule has 0 fully saturated rings. The molecule has 0 radical (unpaired) electrons. The van der Waals surface area contributed by atoms with Gasteiger partial charge >= 0.3 is 11.7 Å². The number of carbonyl (C=O) groups is 1. The molecule has 0 aliphatic carbocycles. The minimum absolute atomic E-state index is 0.270. The van der Waals surface area contributed by atoms with Crippen LogP contribution in [0.25, 0.3) is 5.82 Å². The summed E-state index contributed by atoms with van der Waals surface area (Å²) in [5, 5.41) is 12.2. The second-order valence-electron chi connectivity index (χ2n) is 2.68. The molecule has 7 heteroatoms. The quantitative estimate of drug-likeness (QED) is 0.699. The summed E-state index contributed by atoms with van der Waals surface area (Å²) in [5.74, 6) is -1.43. The van der Waals surface area contributed by atoms with Gasteiger partial charge in [-0.05, 0) is 12.1 Å². The summed E-state index contributed by atoms with van der Waals surface area (Å²) < 4.78 is 0.892. The van der Waals surface area contributed by atoms with Gasteiger partial charge in [0.2, 0.25) is 5.82 Å². The Bertz CT molecular complexity index is 543. The van der Waals surface area contributed by atoms with E-state index in [9.17, 15) is 9.59 Å². The highest BCUT2D eigenvalue weighted by Gasteiger charge is 2.12. The number of carboxylic acids is 1. The topological polar surface area (TPSA) is 101 Å². The largest absolute Gasteiger partial charge is 0.475 e. The fraction of sp³-hybridized carbons (Fsp3) is 0. The third kappa shape index (κ3) is 1.62. The van der Waals surface area contributed by atoms with Crippen LogP contribution in [0.5, 0.6) is 0 Å².